The van der Waals surface area contributed by atoms with E-state index in [9.17, 15) is 14.4 Å². The number of nitrogens with two attached hydrogens (primary N) is 1. The molecule has 6 heteroatoms. The van der Waals surface area contributed by atoms with Gasteiger partial charge in [0.15, 0.2) is 0 Å². The quantitative estimate of drug-likeness (QED) is 0.767. The van der Waals surface area contributed by atoms with Gasteiger partial charge >= 0.3 is 0 Å². The normalized spacial score (nSPS) is 20.2. The Morgan fingerprint density at radius 3 is 2.29 bits per heavy atom. The van der Waals surface area contributed by atoms with E-state index in [1.807, 2.05) is 6.92 Å². The summed E-state index contributed by atoms with van der Waals surface area (Å²) in [6.07, 6.45) is 2.78. The van der Waals surface area contributed by atoms with Crippen molar-refractivity contribution >= 4 is 17.7 Å². The van der Waals surface area contributed by atoms with Crippen LogP contribution in [0.1, 0.15) is 48.5 Å². The Balaban J connectivity index is 1.64. The van der Waals surface area contributed by atoms with Gasteiger partial charge in [-0.2, -0.15) is 0 Å². The topological polar surface area (TPSA) is 92.5 Å². The van der Waals surface area contributed by atoms with Gasteiger partial charge in [0.05, 0.1) is 12.1 Å². The molecule has 1 aliphatic heterocycles. The summed E-state index contributed by atoms with van der Waals surface area (Å²) < 4.78 is 0. The maximum absolute atomic E-state index is 12.4. The van der Waals surface area contributed by atoms with Crippen molar-refractivity contribution in [1.82, 2.24) is 10.2 Å². The van der Waals surface area contributed by atoms with Gasteiger partial charge in [-0.05, 0) is 43.4 Å². The zero-order chi connectivity index (χ0) is 17.3. The smallest absolute Gasteiger partial charge is 0.251 e. The molecule has 2 aliphatic rings. The standard InChI is InChI=1S/C18H23N3O3/c1-18(11-19,14-6-7-14)20-17(24)13-4-2-12(3-5-13)10-21-15(22)8-9-16(21)23/h2-5,14H,6-11,19H2,1H3,(H,20,24). The van der Waals surface area contributed by atoms with E-state index < -0.39 is 0 Å². The van der Waals surface area contributed by atoms with Crippen LogP contribution in [0.25, 0.3) is 0 Å². The number of hydrogen-bond donors (Lipinski definition) is 2. The number of carbonyl (C=O) groups is 3. The largest absolute Gasteiger partial charge is 0.345 e. The Hall–Kier alpha value is -2.21. The zero-order valence-electron chi connectivity index (χ0n) is 13.9. The van der Waals surface area contributed by atoms with E-state index >= 15 is 0 Å². The van der Waals surface area contributed by atoms with E-state index in [1.165, 1.54) is 4.90 Å². The van der Waals surface area contributed by atoms with Crippen molar-refractivity contribution < 1.29 is 14.4 Å². The van der Waals surface area contributed by atoms with Gasteiger partial charge in [-0.25, -0.2) is 0 Å². The molecular weight excluding hydrogens is 306 g/mol. The molecule has 24 heavy (non-hydrogen) atoms. The first-order chi connectivity index (χ1) is 11.4. The minimum Gasteiger partial charge on any atom is -0.345 e. The maximum Gasteiger partial charge on any atom is 0.251 e. The lowest BCUT2D eigenvalue weighted by Crippen LogP contribution is -2.53. The molecule has 1 aliphatic carbocycles. The summed E-state index contributed by atoms with van der Waals surface area (Å²) in [5, 5.41) is 3.05. The second kappa shape index (κ2) is 6.36. The fourth-order valence-electron chi connectivity index (χ4n) is 3.12. The molecule has 3 amide bonds. The fourth-order valence-corrected chi connectivity index (χ4v) is 3.12. The van der Waals surface area contributed by atoms with E-state index in [-0.39, 0.29) is 42.6 Å². The fraction of sp³-hybridized carbons (Fsp3) is 0.500. The van der Waals surface area contributed by atoms with Crippen molar-refractivity contribution in [3.63, 3.8) is 0 Å². The first-order valence-electron chi connectivity index (χ1n) is 8.37. The summed E-state index contributed by atoms with van der Waals surface area (Å²) in [7, 11) is 0. The third-order valence-corrected chi connectivity index (χ3v) is 5.01. The first kappa shape index (κ1) is 16.6. The van der Waals surface area contributed by atoms with Crippen LogP contribution in [0.3, 0.4) is 0 Å². The van der Waals surface area contributed by atoms with Crippen LogP contribution in [-0.4, -0.2) is 34.7 Å². The number of likely N-dealkylation sites (tertiary alicyclic amines) is 1. The summed E-state index contributed by atoms with van der Waals surface area (Å²) in [5.41, 5.74) is 6.86. The average Bonchev–Trinajstić information content (AvgIpc) is 3.39. The van der Waals surface area contributed by atoms with Crippen molar-refractivity contribution in [1.29, 1.82) is 0 Å². The second-order valence-electron chi connectivity index (χ2n) is 6.92. The lowest BCUT2D eigenvalue weighted by Gasteiger charge is -2.29. The van der Waals surface area contributed by atoms with Crippen LogP contribution in [0.4, 0.5) is 0 Å². The van der Waals surface area contributed by atoms with Crippen molar-refractivity contribution in [3.05, 3.63) is 35.4 Å². The third kappa shape index (κ3) is 3.33. The number of carbonyl (C=O) groups excluding carboxylic acids is 3. The summed E-state index contributed by atoms with van der Waals surface area (Å²) in [6.45, 7) is 2.67. The van der Waals surface area contributed by atoms with Crippen LogP contribution in [0.2, 0.25) is 0 Å². The van der Waals surface area contributed by atoms with Gasteiger partial charge in [0.1, 0.15) is 0 Å². The van der Waals surface area contributed by atoms with Crippen LogP contribution in [0, 0.1) is 5.92 Å². The Morgan fingerprint density at radius 2 is 1.79 bits per heavy atom. The highest BCUT2D eigenvalue weighted by Crippen LogP contribution is 2.39. The van der Waals surface area contributed by atoms with E-state index in [4.69, 9.17) is 5.73 Å². The summed E-state index contributed by atoms with van der Waals surface area (Å²) in [5.74, 6) is 0.0440. The summed E-state index contributed by atoms with van der Waals surface area (Å²) in [6, 6.07) is 7.01. The SMILES string of the molecule is CC(CN)(NC(=O)c1ccc(CN2C(=O)CCC2=O)cc1)C1CC1. The van der Waals surface area contributed by atoms with Gasteiger partial charge in [-0.15, -0.1) is 0 Å². The molecule has 1 unspecified atom stereocenters. The number of nitrogens with one attached hydrogen (secondary N) is 1. The van der Waals surface area contributed by atoms with Gasteiger partial charge in [-0.1, -0.05) is 12.1 Å². The molecule has 0 aromatic heterocycles. The number of nitrogens with zero attached hydrogens (tertiary/aromatic N) is 1. The highest BCUT2D eigenvalue weighted by Gasteiger charge is 2.41. The van der Waals surface area contributed by atoms with Gasteiger partial charge in [0.25, 0.3) is 5.91 Å². The molecule has 1 aromatic carbocycles. The highest BCUT2D eigenvalue weighted by atomic mass is 16.2. The number of amides is 3. The molecule has 3 N–H and O–H groups in total. The predicted octanol–water partition coefficient (Wildman–Crippen LogP) is 1.19. The zero-order valence-corrected chi connectivity index (χ0v) is 13.9. The van der Waals surface area contributed by atoms with Gasteiger partial charge in [0, 0.05) is 24.9 Å². The van der Waals surface area contributed by atoms with Gasteiger partial charge < -0.3 is 11.1 Å². The van der Waals surface area contributed by atoms with Crippen molar-refractivity contribution in [2.75, 3.05) is 6.54 Å². The molecule has 1 aromatic rings. The molecule has 6 nitrogen and oxygen atoms in total. The van der Waals surface area contributed by atoms with E-state index in [2.05, 4.69) is 5.32 Å². The molecule has 1 atom stereocenters. The molecule has 1 saturated carbocycles. The lowest BCUT2D eigenvalue weighted by atomic mass is 9.95. The third-order valence-electron chi connectivity index (χ3n) is 5.01. The van der Waals surface area contributed by atoms with Crippen LogP contribution in [-0.2, 0) is 16.1 Å². The summed E-state index contributed by atoms with van der Waals surface area (Å²) in [4.78, 5) is 37.0. The molecular formula is C18H23N3O3. The van der Waals surface area contributed by atoms with Crippen LogP contribution >= 0.6 is 0 Å². The number of imide groups is 1. The molecule has 128 valence electrons. The Bertz CT molecular complexity index is 651. The Kier molecular flexibility index (Phi) is 4.41. The maximum atomic E-state index is 12.4. The molecule has 1 heterocycles. The number of hydrogen-bond acceptors (Lipinski definition) is 4. The monoisotopic (exact) mass is 329 g/mol. The van der Waals surface area contributed by atoms with Crippen molar-refractivity contribution in [2.45, 2.75) is 44.7 Å². The van der Waals surface area contributed by atoms with Crippen LogP contribution < -0.4 is 11.1 Å². The Labute approximate surface area is 141 Å². The van der Waals surface area contributed by atoms with Crippen molar-refractivity contribution in [3.8, 4) is 0 Å². The number of rotatable bonds is 6. The summed E-state index contributed by atoms with van der Waals surface area (Å²) >= 11 is 0. The van der Waals surface area contributed by atoms with Gasteiger partial charge in [0.2, 0.25) is 11.8 Å². The minimum atomic E-state index is -0.357. The van der Waals surface area contributed by atoms with Crippen LogP contribution in [0.15, 0.2) is 24.3 Å². The average molecular weight is 329 g/mol. The lowest BCUT2D eigenvalue weighted by molar-refractivity contribution is -0.139. The van der Waals surface area contributed by atoms with Crippen molar-refractivity contribution in [2.24, 2.45) is 11.7 Å². The van der Waals surface area contributed by atoms with E-state index in [1.54, 1.807) is 24.3 Å². The minimum absolute atomic E-state index is 0.134. The highest BCUT2D eigenvalue weighted by molar-refractivity contribution is 6.01. The first-order valence-corrected chi connectivity index (χ1v) is 8.37. The number of benzene rings is 1. The molecule has 0 bridgehead atoms. The second-order valence-corrected chi connectivity index (χ2v) is 6.92. The molecule has 0 spiro atoms. The molecule has 3 rings (SSSR count). The van der Waals surface area contributed by atoms with E-state index in [0.29, 0.717) is 18.0 Å². The predicted molar refractivity (Wildman–Crippen MR) is 88.9 cm³/mol. The molecule has 2 fully saturated rings. The Morgan fingerprint density at radius 1 is 1.21 bits per heavy atom. The van der Waals surface area contributed by atoms with Crippen LogP contribution in [0.5, 0.6) is 0 Å². The molecule has 1 saturated heterocycles. The molecule has 0 radical (unpaired) electrons. The van der Waals surface area contributed by atoms with E-state index in [0.717, 1.165) is 18.4 Å². The van der Waals surface area contributed by atoms with Gasteiger partial charge in [-0.3, -0.25) is 19.3 Å².